The summed E-state index contributed by atoms with van der Waals surface area (Å²) in [4.78, 5) is 24.5. The van der Waals surface area contributed by atoms with Gasteiger partial charge in [-0.25, -0.2) is 0 Å². The van der Waals surface area contributed by atoms with Gasteiger partial charge >= 0.3 is 5.97 Å². The number of esters is 1. The fourth-order valence-corrected chi connectivity index (χ4v) is 9.58. The first-order chi connectivity index (χ1) is 32.0. The van der Waals surface area contributed by atoms with Crippen molar-refractivity contribution in [3.05, 3.63) is 0 Å². The van der Waals surface area contributed by atoms with Crippen molar-refractivity contribution in [2.24, 2.45) is 0 Å². The Morgan fingerprint density at radius 1 is 0.369 bits per heavy atom. The van der Waals surface area contributed by atoms with E-state index in [1.807, 2.05) is 0 Å². The summed E-state index contributed by atoms with van der Waals surface area (Å²) < 4.78 is 5.49. The number of aliphatic hydroxyl groups is 2. The third-order valence-corrected chi connectivity index (χ3v) is 14.2. The molecule has 2 unspecified atom stereocenters. The molecule has 388 valence electrons. The molecule has 0 aromatic heterocycles. The van der Waals surface area contributed by atoms with Gasteiger partial charge in [0.05, 0.1) is 25.4 Å². The van der Waals surface area contributed by atoms with Gasteiger partial charge in [0.1, 0.15) is 0 Å². The van der Waals surface area contributed by atoms with E-state index in [-0.39, 0.29) is 18.5 Å². The predicted octanol–water partition coefficient (Wildman–Crippen LogP) is 18.3. The van der Waals surface area contributed by atoms with Crippen LogP contribution in [0.4, 0.5) is 0 Å². The number of rotatable bonds is 56. The second-order valence-electron chi connectivity index (χ2n) is 20.7. The van der Waals surface area contributed by atoms with Crippen LogP contribution in [0.5, 0.6) is 0 Å². The first-order valence-electron chi connectivity index (χ1n) is 29.8. The van der Waals surface area contributed by atoms with E-state index in [0.717, 1.165) is 38.5 Å². The molecule has 2 atom stereocenters. The summed E-state index contributed by atoms with van der Waals surface area (Å²) in [6.07, 6.45) is 64.0. The molecule has 0 saturated heterocycles. The van der Waals surface area contributed by atoms with Crippen molar-refractivity contribution < 1.29 is 24.5 Å². The molecule has 0 bridgehead atoms. The van der Waals surface area contributed by atoms with Crippen LogP contribution >= 0.6 is 0 Å². The Labute approximate surface area is 406 Å². The van der Waals surface area contributed by atoms with Crippen molar-refractivity contribution in [1.82, 2.24) is 5.32 Å². The number of hydrogen-bond acceptors (Lipinski definition) is 5. The molecule has 3 N–H and O–H groups in total. The number of aliphatic hydroxyl groups excluding tert-OH is 2. The maximum Gasteiger partial charge on any atom is 0.305 e. The highest BCUT2D eigenvalue weighted by atomic mass is 16.5. The summed E-state index contributed by atoms with van der Waals surface area (Å²) >= 11 is 0. The minimum Gasteiger partial charge on any atom is -0.466 e. The van der Waals surface area contributed by atoms with Crippen molar-refractivity contribution in [1.29, 1.82) is 0 Å². The number of nitrogens with one attached hydrogen (secondary N) is 1. The number of ether oxygens (including phenoxy) is 1. The topological polar surface area (TPSA) is 95.9 Å². The molecule has 6 nitrogen and oxygen atoms in total. The molecule has 0 saturated carbocycles. The molecule has 0 fully saturated rings. The predicted molar refractivity (Wildman–Crippen MR) is 283 cm³/mol. The van der Waals surface area contributed by atoms with Gasteiger partial charge in [0, 0.05) is 12.8 Å². The molecule has 0 radical (unpaired) electrons. The summed E-state index contributed by atoms with van der Waals surface area (Å²) in [6.45, 7) is 4.96. The van der Waals surface area contributed by atoms with Gasteiger partial charge in [-0.05, 0) is 25.7 Å². The van der Waals surface area contributed by atoms with Crippen LogP contribution in [0.1, 0.15) is 341 Å². The van der Waals surface area contributed by atoms with Crippen LogP contribution in [-0.4, -0.2) is 47.4 Å². The van der Waals surface area contributed by atoms with Crippen LogP contribution in [0.25, 0.3) is 0 Å². The smallest absolute Gasteiger partial charge is 0.305 e. The maximum atomic E-state index is 12.4. The number of unbranched alkanes of at least 4 members (excludes halogenated alkanes) is 45. The molecule has 0 aliphatic carbocycles. The molecule has 6 heteroatoms. The first kappa shape index (κ1) is 63.9. The number of amides is 1. The molecular weight excluding hydrogens is 803 g/mol. The highest BCUT2D eigenvalue weighted by Crippen LogP contribution is 2.18. The lowest BCUT2D eigenvalue weighted by atomic mass is 10.0. The highest BCUT2D eigenvalue weighted by Gasteiger charge is 2.20. The fraction of sp³-hybridized carbons (Fsp3) is 0.966. The Bertz CT molecular complexity index is 928. The molecule has 0 aliphatic rings. The summed E-state index contributed by atoms with van der Waals surface area (Å²) in [7, 11) is 0. The Hall–Kier alpha value is -1.14. The Morgan fingerprint density at radius 3 is 0.938 bits per heavy atom. The van der Waals surface area contributed by atoms with Gasteiger partial charge in [-0.1, -0.05) is 303 Å². The van der Waals surface area contributed by atoms with Crippen LogP contribution in [0.15, 0.2) is 0 Å². The average molecular weight is 921 g/mol. The number of carbonyl (C=O) groups is 2. The van der Waals surface area contributed by atoms with E-state index in [0.29, 0.717) is 25.9 Å². The van der Waals surface area contributed by atoms with Crippen LogP contribution in [-0.2, 0) is 14.3 Å². The van der Waals surface area contributed by atoms with E-state index in [4.69, 9.17) is 4.74 Å². The van der Waals surface area contributed by atoms with Gasteiger partial charge in [0.2, 0.25) is 5.91 Å². The third kappa shape index (κ3) is 52.1. The molecule has 0 aromatic carbocycles. The highest BCUT2D eigenvalue weighted by molar-refractivity contribution is 5.76. The van der Waals surface area contributed by atoms with Gasteiger partial charge in [-0.3, -0.25) is 9.59 Å². The zero-order valence-electron chi connectivity index (χ0n) is 44.3. The normalized spacial score (nSPS) is 12.5. The Balaban J connectivity index is 3.32. The third-order valence-electron chi connectivity index (χ3n) is 14.2. The Morgan fingerprint density at radius 2 is 0.631 bits per heavy atom. The maximum absolute atomic E-state index is 12.4. The zero-order chi connectivity index (χ0) is 47.2. The molecule has 0 aromatic rings. The summed E-state index contributed by atoms with van der Waals surface area (Å²) in [5.74, 6) is -0.0153. The molecule has 1 amide bonds. The zero-order valence-corrected chi connectivity index (χ0v) is 44.3. The van der Waals surface area contributed by atoms with E-state index >= 15 is 0 Å². The molecule has 0 spiro atoms. The summed E-state index contributed by atoms with van der Waals surface area (Å²) in [5, 5.41) is 23.1. The lowest BCUT2D eigenvalue weighted by molar-refractivity contribution is -0.143. The molecular formula is C59H117NO5. The van der Waals surface area contributed by atoms with E-state index in [1.165, 1.54) is 270 Å². The Kier molecular flexibility index (Phi) is 54.5. The van der Waals surface area contributed by atoms with Crippen LogP contribution < -0.4 is 5.32 Å². The van der Waals surface area contributed by atoms with Gasteiger partial charge in [0.25, 0.3) is 0 Å². The van der Waals surface area contributed by atoms with Crippen molar-refractivity contribution >= 4 is 11.9 Å². The lowest BCUT2D eigenvalue weighted by Gasteiger charge is -2.22. The number of carbonyl (C=O) groups excluding carboxylic acids is 2. The van der Waals surface area contributed by atoms with Gasteiger partial charge in [0.15, 0.2) is 0 Å². The van der Waals surface area contributed by atoms with Crippen molar-refractivity contribution in [2.75, 3.05) is 13.2 Å². The van der Waals surface area contributed by atoms with Gasteiger partial charge in [-0.15, -0.1) is 0 Å². The summed E-state index contributed by atoms with van der Waals surface area (Å²) in [5.41, 5.74) is 0. The van der Waals surface area contributed by atoms with E-state index in [1.54, 1.807) is 0 Å². The van der Waals surface area contributed by atoms with Crippen LogP contribution in [0, 0.1) is 0 Å². The SMILES string of the molecule is CCCCCCCCCCCCCCCCC(=O)OCCCCCCCCCCCCCCCCCCCCCCCCCCC(=O)NC(CO)C(O)CCCCCCCCCCCC. The number of hydrogen-bond donors (Lipinski definition) is 3. The minimum absolute atomic E-state index is 0.0184. The lowest BCUT2D eigenvalue weighted by Crippen LogP contribution is -2.45. The molecule has 65 heavy (non-hydrogen) atoms. The van der Waals surface area contributed by atoms with Crippen molar-refractivity contribution in [3.63, 3.8) is 0 Å². The molecule has 0 rings (SSSR count). The fourth-order valence-electron chi connectivity index (χ4n) is 9.58. The minimum atomic E-state index is -0.660. The van der Waals surface area contributed by atoms with Gasteiger partial charge < -0.3 is 20.3 Å². The largest absolute Gasteiger partial charge is 0.466 e. The first-order valence-corrected chi connectivity index (χ1v) is 29.8. The quantitative estimate of drug-likeness (QED) is 0.0417. The average Bonchev–Trinajstić information content (AvgIpc) is 3.31. The van der Waals surface area contributed by atoms with E-state index in [2.05, 4.69) is 19.2 Å². The summed E-state index contributed by atoms with van der Waals surface area (Å²) in [6, 6.07) is -0.537. The van der Waals surface area contributed by atoms with Crippen LogP contribution in [0.2, 0.25) is 0 Å². The van der Waals surface area contributed by atoms with E-state index in [9.17, 15) is 19.8 Å². The van der Waals surface area contributed by atoms with Gasteiger partial charge in [-0.2, -0.15) is 0 Å². The molecule has 0 aliphatic heterocycles. The standard InChI is InChI=1S/C59H117NO5/c1-3-5-7-9-11-13-15-16-30-33-37-41-45-49-53-59(64)65-54-50-46-42-38-34-31-28-26-24-22-20-18-17-19-21-23-25-27-29-32-36-40-44-48-52-58(63)60-56(55-61)57(62)51-47-43-39-35-14-12-10-8-6-4-2/h56-57,61-62H,3-55H2,1-2H3,(H,60,63). The second kappa shape index (κ2) is 55.5. The molecule has 0 heterocycles. The van der Waals surface area contributed by atoms with Crippen molar-refractivity contribution in [2.45, 2.75) is 353 Å². The van der Waals surface area contributed by atoms with Crippen molar-refractivity contribution in [3.8, 4) is 0 Å². The second-order valence-corrected chi connectivity index (χ2v) is 20.7. The van der Waals surface area contributed by atoms with E-state index < -0.39 is 12.1 Å². The van der Waals surface area contributed by atoms with Crippen LogP contribution in [0.3, 0.4) is 0 Å². The monoisotopic (exact) mass is 920 g/mol.